The lowest BCUT2D eigenvalue weighted by Gasteiger charge is -2.20. The van der Waals surface area contributed by atoms with E-state index in [1.807, 2.05) is 6.92 Å². The molecule has 2 rings (SSSR count). The van der Waals surface area contributed by atoms with Crippen molar-refractivity contribution in [2.24, 2.45) is 5.73 Å². The molecule has 0 radical (unpaired) electrons. The minimum Gasteiger partial charge on any atom is -0.486 e. The van der Waals surface area contributed by atoms with Crippen molar-refractivity contribution < 1.29 is 19.4 Å². The van der Waals surface area contributed by atoms with Crippen molar-refractivity contribution in [1.82, 2.24) is 0 Å². The highest BCUT2D eigenvalue weighted by atomic mass is 16.6. The molecule has 0 aliphatic carbocycles. The number of aliphatic hydroxyl groups is 1. The van der Waals surface area contributed by atoms with Gasteiger partial charge < -0.3 is 25.6 Å². The molecule has 1 aliphatic heterocycles. The first-order chi connectivity index (χ1) is 8.61. The molecule has 18 heavy (non-hydrogen) atoms. The molecule has 0 spiro atoms. The minimum absolute atomic E-state index is 0.116. The molecule has 6 heteroatoms. The third-order valence-electron chi connectivity index (χ3n) is 2.67. The van der Waals surface area contributed by atoms with Crippen molar-refractivity contribution in [2.45, 2.75) is 13.0 Å². The van der Waals surface area contributed by atoms with E-state index in [9.17, 15) is 9.90 Å². The van der Waals surface area contributed by atoms with Crippen molar-refractivity contribution in [2.75, 3.05) is 25.1 Å². The predicted octanol–water partition coefficient (Wildman–Crippen LogP) is 0.0243. The zero-order valence-electron chi connectivity index (χ0n) is 10.1. The molecule has 1 aliphatic rings. The molecule has 0 saturated heterocycles. The Hall–Kier alpha value is -1.79. The first-order valence-corrected chi connectivity index (χ1v) is 5.71. The predicted molar refractivity (Wildman–Crippen MR) is 65.9 cm³/mol. The summed E-state index contributed by atoms with van der Waals surface area (Å²) in [5.74, 6) is 0.720. The summed E-state index contributed by atoms with van der Waals surface area (Å²) in [6.07, 6.45) is -1.21. The number of anilines is 1. The van der Waals surface area contributed by atoms with Gasteiger partial charge in [0.15, 0.2) is 11.5 Å². The van der Waals surface area contributed by atoms with Crippen molar-refractivity contribution >= 4 is 11.6 Å². The zero-order valence-corrected chi connectivity index (χ0v) is 10.1. The number of hydrogen-bond acceptors (Lipinski definition) is 5. The highest BCUT2D eigenvalue weighted by molar-refractivity contribution is 5.95. The molecule has 0 aromatic heterocycles. The Morgan fingerprint density at radius 3 is 2.67 bits per heavy atom. The van der Waals surface area contributed by atoms with Gasteiger partial charge in [-0.15, -0.1) is 0 Å². The maximum atomic E-state index is 11.6. The molecule has 0 fully saturated rings. The van der Waals surface area contributed by atoms with E-state index >= 15 is 0 Å². The first-order valence-electron chi connectivity index (χ1n) is 5.71. The quantitative estimate of drug-likeness (QED) is 0.705. The molecule has 1 amide bonds. The van der Waals surface area contributed by atoms with Crippen LogP contribution in [0.3, 0.4) is 0 Å². The Kier molecular flexibility index (Phi) is 3.69. The monoisotopic (exact) mass is 252 g/mol. The summed E-state index contributed by atoms with van der Waals surface area (Å²) in [4.78, 5) is 11.6. The molecule has 1 aromatic carbocycles. The van der Waals surface area contributed by atoms with Crippen LogP contribution in [0.1, 0.15) is 5.56 Å². The molecular formula is C12H16N2O4. The van der Waals surface area contributed by atoms with Crippen molar-refractivity contribution in [1.29, 1.82) is 0 Å². The van der Waals surface area contributed by atoms with Gasteiger partial charge in [-0.05, 0) is 18.6 Å². The van der Waals surface area contributed by atoms with Gasteiger partial charge in [0.25, 0.3) is 5.91 Å². The van der Waals surface area contributed by atoms with E-state index in [1.165, 1.54) is 0 Å². The number of nitrogens with two attached hydrogens (primary N) is 1. The van der Waals surface area contributed by atoms with E-state index in [-0.39, 0.29) is 6.54 Å². The molecule has 98 valence electrons. The zero-order chi connectivity index (χ0) is 13.1. The first kappa shape index (κ1) is 12.7. The Morgan fingerprint density at radius 1 is 1.44 bits per heavy atom. The number of benzene rings is 1. The van der Waals surface area contributed by atoms with Gasteiger partial charge in [0, 0.05) is 18.3 Å². The second-order valence-corrected chi connectivity index (χ2v) is 4.05. The van der Waals surface area contributed by atoms with Crippen LogP contribution in [0.5, 0.6) is 11.5 Å². The fourth-order valence-electron chi connectivity index (χ4n) is 1.65. The second kappa shape index (κ2) is 5.24. The van der Waals surface area contributed by atoms with Crippen LogP contribution in [0.2, 0.25) is 0 Å². The second-order valence-electron chi connectivity index (χ2n) is 4.05. The van der Waals surface area contributed by atoms with Crippen LogP contribution in [0.4, 0.5) is 5.69 Å². The number of carbonyl (C=O) groups is 1. The van der Waals surface area contributed by atoms with Crippen LogP contribution in [-0.4, -0.2) is 36.9 Å². The number of amides is 1. The SMILES string of the molecule is Cc1cc2c(cc1NC(=O)C(O)CN)OCCO2. The van der Waals surface area contributed by atoms with Gasteiger partial charge in [-0.1, -0.05) is 0 Å². The third-order valence-corrected chi connectivity index (χ3v) is 2.67. The van der Waals surface area contributed by atoms with Crippen molar-refractivity contribution in [3.8, 4) is 11.5 Å². The van der Waals surface area contributed by atoms with E-state index in [0.717, 1.165) is 5.56 Å². The molecule has 0 saturated carbocycles. The minimum atomic E-state index is -1.21. The summed E-state index contributed by atoms with van der Waals surface area (Å²) >= 11 is 0. The normalized spacial score (nSPS) is 15.1. The summed E-state index contributed by atoms with van der Waals surface area (Å²) in [6, 6.07) is 3.48. The van der Waals surface area contributed by atoms with Gasteiger partial charge in [0.1, 0.15) is 19.3 Å². The maximum absolute atomic E-state index is 11.6. The molecular weight excluding hydrogens is 236 g/mol. The van der Waals surface area contributed by atoms with E-state index in [2.05, 4.69) is 5.32 Å². The van der Waals surface area contributed by atoms with Gasteiger partial charge >= 0.3 is 0 Å². The van der Waals surface area contributed by atoms with Crippen LogP contribution >= 0.6 is 0 Å². The lowest BCUT2D eigenvalue weighted by molar-refractivity contribution is -0.123. The number of fused-ring (bicyclic) bond motifs is 1. The van der Waals surface area contributed by atoms with Crippen LogP contribution in [-0.2, 0) is 4.79 Å². The number of aliphatic hydroxyl groups excluding tert-OH is 1. The van der Waals surface area contributed by atoms with Crippen molar-refractivity contribution in [3.63, 3.8) is 0 Å². The average Bonchev–Trinajstić information content (AvgIpc) is 2.38. The van der Waals surface area contributed by atoms with E-state index in [0.29, 0.717) is 30.4 Å². The third kappa shape index (κ3) is 2.55. The summed E-state index contributed by atoms with van der Waals surface area (Å²) in [5, 5.41) is 11.9. The molecule has 1 unspecified atom stereocenters. The largest absolute Gasteiger partial charge is 0.486 e. The van der Waals surface area contributed by atoms with Gasteiger partial charge in [0.2, 0.25) is 0 Å². The fourth-order valence-corrected chi connectivity index (χ4v) is 1.65. The number of ether oxygens (including phenoxy) is 2. The number of rotatable bonds is 3. The average molecular weight is 252 g/mol. The van der Waals surface area contributed by atoms with E-state index < -0.39 is 12.0 Å². The summed E-state index contributed by atoms with van der Waals surface area (Å²) in [5.41, 5.74) is 6.63. The summed E-state index contributed by atoms with van der Waals surface area (Å²) in [7, 11) is 0. The lowest BCUT2D eigenvalue weighted by atomic mass is 10.1. The van der Waals surface area contributed by atoms with Gasteiger partial charge in [0.05, 0.1) is 0 Å². The van der Waals surface area contributed by atoms with Gasteiger partial charge in [-0.25, -0.2) is 0 Å². The Morgan fingerprint density at radius 2 is 2.06 bits per heavy atom. The van der Waals surface area contributed by atoms with Crippen LogP contribution < -0.4 is 20.5 Å². The number of aryl methyl sites for hydroxylation is 1. The number of nitrogens with one attached hydrogen (secondary N) is 1. The molecule has 6 nitrogen and oxygen atoms in total. The van der Waals surface area contributed by atoms with E-state index in [4.69, 9.17) is 15.2 Å². The molecule has 1 atom stereocenters. The number of hydrogen-bond donors (Lipinski definition) is 3. The smallest absolute Gasteiger partial charge is 0.254 e. The Labute approximate surface area is 105 Å². The molecule has 1 heterocycles. The lowest BCUT2D eigenvalue weighted by Crippen LogP contribution is -2.34. The van der Waals surface area contributed by atoms with Crippen molar-refractivity contribution in [3.05, 3.63) is 17.7 Å². The topological polar surface area (TPSA) is 93.8 Å². The van der Waals surface area contributed by atoms with Gasteiger partial charge in [-0.2, -0.15) is 0 Å². The fraction of sp³-hybridized carbons (Fsp3) is 0.417. The molecule has 0 bridgehead atoms. The summed E-state index contributed by atoms with van der Waals surface area (Å²) < 4.78 is 10.8. The Bertz CT molecular complexity index is 462. The standard InChI is InChI=1S/C12H16N2O4/c1-7-4-10-11(18-3-2-17-10)5-8(7)14-12(16)9(15)6-13/h4-5,9,15H,2-3,6,13H2,1H3,(H,14,16). The number of carbonyl (C=O) groups excluding carboxylic acids is 1. The van der Waals surface area contributed by atoms with Crippen LogP contribution in [0.25, 0.3) is 0 Å². The van der Waals surface area contributed by atoms with Gasteiger partial charge in [-0.3, -0.25) is 4.79 Å². The highest BCUT2D eigenvalue weighted by Crippen LogP contribution is 2.35. The Balaban J connectivity index is 2.20. The van der Waals surface area contributed by atoms with E-state index in [1.54, 1.807) is 12.1 Å². The maximum Gasteiger partial charge on any atom is 0.254 e. The van der Waals surface area contributed by atoms with Crippen LogP contribution in [0.15, 0.2) is 12.1 Å². The summed E-state index contributed by atoms with van der Waals surface area (Å²) in [6.45, 7) is 2.72. The highest BCUT2D eigenvalue weighted by Gasteiger charge is 2.18. The molecule has 4 N–H and O–H groups in total. The van der Waals surface area contributed by atoms with Crippen LogP contribution in [0, 0.1) is 6.92 Å². The molecule has 1 aromatic rings.